The molecular formula is C13H20N2OS. The van der Waals surface area contributed by atoms with Crippen LogP contribution in [0.2, 0.25) is 0 Å². The summed E-state index contributed by atoms with van der Waals surface area (Å²) in [5.41, 5.74) is 1.20. The number of nitrogens with one attached hydrogen (secondary N) is 1. The number of benzene rings is 1. The first-order valence-electron chi connectivity index (χ1n) is 5.92. The SMILES string of the molecule is COc1ccc(SC2CN(C)CCN2)cc1C. The van der Waals surface area contributed by atoms with E-state index in [-0.39, 0.29) is 0 Å². The minimum absolute atomic E-state index is 0.488. The average molecular weight is 252 g/mol. The number of aryl methyl sites for hydroxylation is 1. The van der Waals surface area contributed by atoms with E-state index in [1.54, 1.807) is 7.11 Å². The fourth-order valence-corrected chi connectivity index (χ4v) is 3.27. The minimum Gasteiger partial charge on any atom is -0.496 e. The van der Waals surface area contributed by atoms with E-state index in [2.05, 4.69) is 36.3 Å². The third-order valence-corrected chi connectivity index (χ3v) is 4.11. The molecule has 1 unspecified atom stereocenters. The van der Waals surface area contributed by atoms with Gasteiger partial charge in [0.1, 0.15) is 5.75 Å². The van der Waals surface area contributed by atoms with Crippen LogP contribution in [0.25, 0.3) is 0 Å². The molecule has 1 N–H and O–H groups in total. The lowest BCUT2D eigenvalue weighted by atomic mass is 10.2. The van der Waals surface area contributed by atoms with Gasteiger partial charge >= 0.3 is 0 Å². The quantitative estimate of drug-likeness (QED) is 0.889. The second-order valence-electron chi connectivity index (χ2n) is 4.45. The number of nitrogens with zero attached hydrogens (tertiary/aromatic N) is 1. The number of methoxy groups -OCH3 is 1. The molecule has 0 aliphatic carbocycles. The Balaban J connectivity index is 2.00. The summed E-state index contributed by atoms with van der Waals surface area (Å²) in [7, 11) is 3.89. The van der Waals surface area contributed by atoms with Crippen molar-refractivity contribution in [2.24, 2.45) is 0 Å². The summed E-state index contributed by atoms with van der Waals surface area (Å²) in [6, 6.07) is 6.37. The van der Waals surface area contributed by atoms with Crippen molar-refractivity contribution in [3.05, 3.63) is 23.8 Å². The van der Waals surface area contributed by atoms with E-state index in [0.717, 1.165) is 25.4 Å². The molecular weight excluding hydrogens is 232 g/mol. The van der Waals surface area contributed by atoms with Crippen LogP contribution in [0.15, 0.2) is 23.1 Å². The van der Waals surface area contributed by atoms with Crippen LogP contribution in [-0.4, -0.2) is 44.1 Å². The van der Waals surface area contributed by atoms with Crippen molar-refractivity contribution in [2.75, 3.05) is 33.8 Å². The summed E-state index contributed by atoms with van der Waals surface area (Å²) in [6.45, 7) is 5.39. The van der Waals surface area contributed by atoms with Gasteiger partial charge in [0.15, 0.2) is 0 Å². The number of likely N-dealkylation sites (N-methyl/N-ethyl adjacent to an activating group) is 1. The van der Waals surface area contributed by atoms with Crippen molar-refractivity contribution in [1.82, 2.24) is 10.2 Å². The van der Waals surface area contributed by atoms with Crippen LogP contribution in [-0.2, 0) is 0 Å². The third-order valence-electron chi connectivity index (χ3n) is 2.99. The summed E-state index contributed by atoms with van der Waals surface area (Å²) in [5.74, 6) is 0.961. The van der Waals surface area contributed by atoms with Crippen LogP contribution in [0.3, 0.4) is 0 Å². The molecule has 1 saturated heterocycles. The summed E-state index contributed by atoms with van der Waals surface area (Å²) < 4.78 is 5.27. The normalized spacial score (nSPS) is 21.5. The van der Waals surface area contributed by atoms with Gasteiger partial charge in [0, 0.05) is 24.5 Å². The average Bonchev–Trinajstić information content (AvgIpc) is 2.29. The van der Waals surface area contributed by atoms with Gasteiger partial charge in [-0.3, -0.25) is 0 Å². The highest BCUT2D eigenvalue weighted by atomic mass is 32.2. The fourth-order valence-electron chi connectivity index (χ4n) is 2.02. The number of hydrogen-bond acceptors (Lipinski definition) is 4. The first kappa shape index (κ1) is 12.7. The Morgan fingerprint density at radius 1 is 1.47 bits per heavy atom. The number of ether oxygens (including phenoxy) is 1. The molecule has 1 aromatic rings. The Hall–Kier alpha value is -0.710. The van der Waals surface area contributed by atoms with Crippen LogP contribution >= 0.6 is 11.8 Å². The molecule has 2 rings (SSSR count). The van der Waals surface area contributed by atoms with Crippen molar-refractivity contribution in [3.8, 4) is 5.75 Å². The maximum Gasteiger partial charge on any atom is 0.121 e. The van der Waals surface area contributed by atoms with Gasteiger partial charge in [-0.15, -0.1) is 11.8 Å². The van der Waals surface area contributed by atoms with Gasteiger partial charge in [-0.2, -0.15) is 0 Å². The molecule has 0 spiro atoms. The molecule has 94 valence electrons. The van der Waals surface area contributed by atoms with E-state index in [1.165, 1.54) is 10.5 Å². The topological polar surface area (TPSA) is 24.5 Å². The maximum atomic E-state index is 5.27. The summed E-state index contributed by atoms with van der Waals surface area (Å²) in [4.78, 5) is 3.67. The molecule has 1 aromatic carbocycles. The molecule has 0 radical (unpaired) electrons. The minimum atomic E-state index is 0.488. The van der Waals surface area contributed by atoms with E-state index >= 15 is 0 Å². The van der Waals surface area contributed by atoms with Gasteiger partial charge in [0.2, 0.25) is 0 Å². The van der Waals surface area contributed by atoms with Crippen LogP contribution in [0.4, 0.5) is 0 Å². The number of piperazine rings is 1. The second kappa shape index (κ2) is 5.76. The van der Waals surface area contributed by atoms with Crippen molar-refractivity contribution < 1.29 is 4.74 Å². The molecule has 0 saturated carbocycles. The van der Waals surface area contributed by atoms with E-state index in [1.807, 2.05) is 17.8 Å². The van der Waals surface area contributed by atoms with E-state index in [0.29, 0.717) is 5.37 Å². The lowest BCUT2D eigenvalue weighted by molar-refractivity contribution is 0.278. The van der Waals surface area contributed by atoms with Gasteiger partial charge in [0.25, 0.3) is 0 Å². The van der Waals surface area contributed by atoms with Crippen molar-refractivity contribution in [2.45, 2.75) is 17.2 Å². The highest BCUT2D eigenvalue weighted by Crippen LogP contribution is 2.28. The van der Waals surface area contributed by atoms with Crippen molar-refractivity contribution in [3.63, 3.8) is 0 Å². The van der Waals surface area contributed by atoms with E-state index in [4.69, 9.17) is 4.74 Å². The molecule has 1 aliphatic rings. The molecule has 0 aromatic heterocycles. The summed E-state index contributed by atoms with van der Waals surface area (Å²) >= 11 is 1.89. The predicted molar refractivity (Wildman–Crippen MR) is 72.9 cm³/mol. The Bertz CT molecular complexity index is 384. The predicted octanol–water partition coefficient (Wildman–Crippen LogP) is 1.96. The van der Waals surface area contributed by atoms with Gasteiger partial charge in [-0.25, -0.2) is 0 Å². The highest BCUT2D eigenvalue weighted by molar-refractivity contribution is 8.00. The van der Waals surface area contributed by atoms with Crippen LogP contribution in [0.1, 0.15) is 5.56 Å². The standard InChI is InChI=1S/C13H20N2OS/c1-10-8-11(4-5-12(10)16-3)17-13-9-15(2)7-6-14-13/h4-5,8,13-14H,6-7,9H2,1-3H3. The second-order valence-corrected chi connectivity index (χ2v) is 5.73. The Morgan fingerprint density at radius 3 is 2.94 bits per heavy atom. The van der Waals surface area contributed by atoms with Crippen LogP contribution in [0.5, 0.6) is 5.75 Å². The van der Waals surface area contributed by atoms with Gasteiger partial charge in [-0.05, 0) is 37.7 Å². The molecule has 3 nitrogen and oxygen atoms in total. The molecule has 0 bridgehead atoms. The van der Waals surface area contributed by atoms with Crippen molar-refractivity contribution in [1.29, 1.82) is 0 Å². The zero-order valence-corrected chi connectivity index (χ0v) is 11.5. The smallest absolute Gasteiger partial charge is 0.121 e. The zero-order valence-electron chi connectivity index (χ0n) is 10.7. The summed E-state index contributed by atoms with van der Waals surface area (Å²) in [6.07, 6.45) is 0. The monoisotopic (exact) mass is 252 g/mol. The first-order chi connectivity index (χ1) is 8.19. The van der Waals surface area contributed by atoms with Gasteiger partial charge in [-0.1, -0.05) is 0 Å². The van der Waals surface area contributed by atoms with Crippen molar-refractivity contribution >= 4 is 11.8 Å². The zero-order chi connectivity index (χ0) is 12.3. The molecule has 4 heteroatoms. The molecule has 1 aliphatic heterocycles. The molecule has 17 heavy (non-hydrogen) atoms. The Morgan fingerprint density at radius 2 is 2.29 bits per heavy atom. The van der Waals surface area contributed by atoms with E-state index < -0.39 is 0 Å². The summed E-state index contributed by atoms with van der Waals surface area (Å²) in [5, 5.41) is 4.02. The highest BCUT2D eigenvalue weighted by Gasteiger charge is 2.17. The third kappa shape index (κ3) is 3.37. The van der Waals surface area contributed by atoms with Gasteiger partial charge < -0.3 is 15.0 Å². The molecule has 1 fully saturated rings. The lowest BCUT2D eigenvalue weighted by Gasteiger charge is -2.30. The Kier molecular flexibility index (Phi) is 4.31. The molecule has 1 heterocycles. The van der Waals surface area contributed by atoms with Crippen LogP contribution < -0.4 is 10.1 Å². The number of thioether (sulfide) groups is 1. The van der Waals surface area contributed by atoms with Crippen LogP contribution in [0, 0.1) is 6.92 Å². The number of hydrogen-bond donors (Lipinski definition) is 1. The van der Waals surface area contributed by atoms with Gasteiger partial charge in [0.05, 0.1) is 12.5 Å². The Labute approximate surface area is 108 Å². The first-order valence-corrected chi connectivity index (χ1v) is 6.80. The number of rotatable bonds is 3. The molecule has 1 atom stereocenters. The maximum absolute atomic E-state index is 5.27. The van der Waals surface area contributed by atoms with E-state index in [9.17, 15) is 0 Å². The largest absolute Gasteiger partial charge is 0.496 e. The molecule has 0 amide bonds. The fraction of sp³-hybridized carbons (Fsp3) is 0.538. The lowest BCUT2D eigenvalue weighted by Crippen LogP contribution is -2.47.